The van der Waals surface area contributed by atoms with Gasteiger partial charge in [0.25, 0.3) is 0 Å². The van der Waals surface area contributed by atoms with Crippen molar-refractivity contribution in [2.24, 2.45) is 11.3 Å². The van der Waals surface area contributed by atoms with Crippen molar-refractivity contribution < 1.29 is 15.0 Å². The van der Waals surface area contributed by atoms with Crippen LogP contribution in [0.5, 0.6) is 0 Å². The summed E-state index contributed by atoms with van der Waals surface area (Å²) >= 11 is 0. The van der Waals surface area contributed by atoms with E-state index >= 15 is 0 Å². The van der Waals surface area contributed by atoms with Crippen LogP contribution in [0.3, 0.4) is 0 Å². The average molecular weight is 243 g/mol. The summed E-state index contributed by atoms with van der Waals surface area (Å²) in [6, 6.07) is -0.0453. The molecule has 1 amide bonds. The molecule has 4 heteroatoms. The second kappa shape index (κ2) is 4.84. The van der Waals surface area contributed by atoms with E-state index in [0.29, 0.717) is 5.92 Å². The predicted octanol–water partition coefficient (Wildman–Crippen LogP) is 2.61. The maximum atomic E-state index is 10.9. The number of carboxylic acid groups (broad SMARTS) is 1. The lowest BCUT2D eigenvalue weighted by Gasteiger charge is -2.42. The molecule has 0 aromatic rings. The molecule has 4 nitrogen and oxygen atoms in total. The Balaban J connectivity index is 2.69. The van der Waals surface area contributed by atoms with Gasteiger partial charge in [0, 0.05) is 6.04 Å². The number of carbonyl (C=O) groups is 1. The first-order valence-electron chi connectivity index (χ1n) is 6.34. The van der Waals surface area contributed by atoms with Crippen molar-refractivity contribution in [1.82, 2.24) is 5.32 Å². The Kier molecular flexibility index (Phi) is 4.07. The molecule has 1 unspecified atom stereocenters. The fourth-order valence-electron chi connectivity index (χ4n) is 2.77. The molecule has 1 atom stereocenters. The van der Waals surface area contributed by atoms with Crippen LogP contribution in [-0.4, -0.2) is 27.9 Å². The minimum absolute atomic E-state index is 0.0453. The van der Waals surface area contributed by atoms with E-state index in [0.717, 1.165) is 25.7 Å². The van der Waals surface area contributed by atoms with Crippen molar-refractivity contribution in [2.45, 2.75) is 65.0 Å². The zero-order chi connectivity index (χ0) is 13.3. The van der Waals surface area contributed by atoms with Gasteiger partial charge in [-0.05, 0) is 43.9 Å². The van der Waals surface area contributed by atoms with Crippen molar-refractivity contribution in [1.29, 1.82) is 0 Å². The summed E-state index contributed by atoms with van der Waals surface area (Å²) < 4.78 is 0. The lowest BCUT2D eigenvalue weighted by Crippen LogP contribution is -2.50. The van der Waals surface area contributed by atoms with Crippen LogP contribution in [0.4, 0.5) is 4.79 Å². The van der Waals surface area contributed by atoms with Crippen LogP contribution in [0, 0.1) is 11.3 Å². The zero-order valence-corrected chi connectivity index (χ0v) is 11.3. The zero-order valence-electron chi connectivity index (χ0n) is 11.3. The predicted molar refractivity (Wildman–Crippen MR) is 67.0 cm³/mol. The molecule has 0 bridgehead atoms. The highest BCUT2D eigenvalue weighted by Crippen LogP contribution is 2.38. The van der Waals surface area contributed by atoms with Crippen molar-refractivity contribution >= 4 is 6.09 Å². The Bertz CT molecular complexity index is 271. The van der Waals surface area contributed by atoms with Gasteiger partial charge in [0.15, 0.2) is 0 Å². The summed E-state index contributed by atoms with van der Waals surface area (Å²) in [6.45, 7) is 8.03. The van der Waals surface area contributed by atoms with Crippen LogP contribution < -0.4 is 5.32 Å². The fourth-order valence-corrected chi connectivity index (χ4v) is 2.77. The molecular formula is C13H25NO3. The molecule has 0 spiro atoms. The topological polar surface area (TPSA) is 69.6 Å². The third-order valence-corrected chi connectivity index (χ3v) is 3.79. The van der Waals surface area contributed by atoms with Crippen molar-refractivity contribution in [3.63, 3.8) is 0 Å². The van der Waals surface area contributed by atoms with Gasteiger partial charge in [-0.15, -0.1) is 0 Å². The van der Waals surface area contributed by atoms with Crippen LogP contribution in [-0.2, 0) is 0 Å². The summed E-state index contributed by atoms with van der Waals surface area (Å²) in [7, 11) is 0. The van der Waals surface area contributed by atoms with Gasteiger partial charge in [0.1, 0.15) is 0 Å². The van der Waals surface area contributed by atoms with Crippen molar-refractivity contribution in [3.8, 4) is 0 Å². The normalized spacial score (nSPS) is 31.9. The first kappa shape index (κ1) is 14.3. The van der Waals surface area contributed by atoms with E-state index in [2.05, 4.69) is 26.1 Å². The third-order valence-electron chi connectivity index (χ3n) is 3.79. The average Bonchev–Trinajstić information content (AvgIpc) is 2.13. The van der Waals surface area contributed by atoms with E-state index in [9.17, 15) is 9.90 Å². The van der Waals surface area contributed by atoms with Crippen LogP contribution in [0.2, 0.25) is 0 Å². The number of nitrogens with one attached hydrogen (secondary N) is 1. The number of aliphatic hydroxyl groups is 1. The van der Waals surface area contributed by atoms with E-state index in [1.807, 2.05) is 6.92 Å². The summed E-state index contributed by atoms with van der Waals surface area (Å²) in [5.41, 5.74) is -0.658. The van der Waals surface area contributed by atoms with Gasteiger partial charge in [-0.3, -0.25) is 0 Å². The molecule has 0 saturated heterocycles. The highest BCUT2D eigenvalue weighted by molar-refractivity contribution is 5.65. The number of amides is 1. The van der Waals surface area contributed by atoms with Gasteiger partial charge >= 0.3 is 6.09 Å². The number of rotatable bonds is 2. The summed E-state index contributed by atoms with van der Waals surface area (Å²) in [5.74, 6) is 0.325. The van der Waals surface area contributed by atoms with E-state index in [4.69, 9.17) is 5.11 Å². The first-order chi connectivity index (χ1) is 7.62. The Morgan fingerprint density at radius 3 is 2.18 bits per heavy atom. The van der Waals surface area contributed by atoms with Gasteiger partial charge in [0.05, 0.1) is 5.60 Å². The fraction of sp³-hybridized carbons (Fsp3) is 0.923. The maximum absolute atomic E-state index is 10.9. The molecule has 0 radical (unpaired) electrons. The van der Waals surface area contributed by atoms with Crippen molar-refractivity contribution in [3.05, 3.63) is 0 Å². The van der Waals surface area contributed by atoms with E-state index in [-0.39, 0.29) is 11.5 Å². The minimum Gasteiger partial charge on any atom is -0.465 e. The standard InChI is InChI=1S/C13H25NO3/c1-12(2,3)10(14-11(15)16)9-5-7-13(4,17)8-6-9/h9-10,14,17H,5-8H2,1-4H3,(H,15,16). The molecule has 1 aliphatic carbocycles. The second-order valence-corrected chi connectivity index (χ2v) is 6.63. The van der Waals surface area contributed by atoms with Gasteiger partial charge in [-0.25, -0.2) is 4.79 Å². The Morgan fingerprint density at radius 2 is 1.82 bits per heavy atom. The lowest BCUT2D eigenvalue weighted by atomic mass is 9.70. The second-order valence-electron chi connectivity index (χ2n) is 6.63. The van der Waals surface area contributed by atoms with E-state index in [1.165, 1.54) is 0 Å². The molecule has 17 heavy (non-hydrogen) atoms. The molecule has 0 heterocycles. The van der Waals surface area contributed by atoms with Gasteiger partial charge in [-0.1, -0.05) is 20.8 Å². The third kappa shape index (κ3) is 4.19. The summed E-state index contributed by atoms with van der Waals surface area (Å²) in [5, 5.41) is 21.5. The monoisotopic (exact) mass is 243 g/mol. The molecule has 0 aromatic heterocycles. The summed E-state index contributed by atoms with van der Waals surface area (Å²) in [4.78, 5) is 10.9. The molecular weight excluding hydrogens is 218 g/mol. The summed E-state index contributed by atoms with van der Waals surface area (Å²) in [6.07, 6.45) is 2.32. The number of hydrogen-bond donors (Lipinski definition) is 3. The van der Waals surface area contributed by atoms with E-state index in [1.54, 1.807) is 0 Å². The van der Waals surface area contributed by atoms with Crippen LogP contribution in [0.25, 0.3) is 0 Å². The lowest BCUT2D eigenvalue weighted by molar-refractivity contribution is -0.00494. The molecule has 100 valence electrons. The van der Waals surface area contributed by atoms with Gasteiger partial charge in [0.2, 0.25) is 0 Å². The largest absolute Gasteiger partial charge is 0.465 e. The molecule has 3 N–H and O–H groups in total. The number of hydrogen-bond acceptors (Lipinski definition) is 2. The Hall–Kier alpha value is -0.770. The van der Waals surface area contributed by atoms with Crippen LogP contribution >= 0.6 is 0 Å². The minimum atomic E-state index is -0.956. The molecule has 1 aliphatic rings. The van der Waals surface area contributed by atoms with Gasteiger partial charge < -0.3 is 15.5 Å². The highest BCUT2D eigenvalue weighted by atomic mass is 16.4. The Morgan fingerprint density at radius 1 is 1.35 bits per heavy atom. The van der Waals surface area contributed by atoms with E-state index < -0.39 is 11.7 Å². The molecule has 0 aliphatic heterocycles. The molecule has 1 fully saturated rings. The maximum Gasteiger partial charge on any atom is 0.404 e. The van der Waals surface area contributed by atoms with Gasteiger partial charge in [-0.2, -0.15) is 0 Å². The molecule has 0 aromatic carbocycles. The van der Waals surface area contributed by atoms with Crippen molar-refractivity contribution in [2.75, 3.05) is 0 Å². The Labute approximate surface area is 103 Å². The first-order valence-corrected chi connectivity index (χ1v) is 6.34. The molecule has 1 rings (SSSR count). The SMILES string of the molecule is CC1(O)CCC(C(NC(=O)O)C(C)(C)C)CC1. The highest BCUT2D eigenvalue weighted by Gasteiger charge is 2.38. The molecule has 1 saturated carbocycles. The van der Waals surface area contributed by atoms with Crippen LogP contribution in [0.1, 0.15) is 53.4 Å². The quantitative estimate of drug-likeness (QED) is 0.698. The smallest absolute Gasteiger partial charge is 0.404 e. The van der Waals surface area contributed by atoms with Crippen LogP contribution in [0.15, 0.2) is 0 Å².